The highest BCUT2D eigenvalue weighted by molar-refractivity contribution is 5.80. The lowest BCUT2D eigenvalue weighted by Crippen LogP contribution is -2.33. The first-order valence-corrected chi connectivity index (χ1v) is 8.95. The van der Waals surface area contributed by atoms with Gasteiger partial charge in [-0.1, -0.05) is 18.2 Å². The molecule has 1 aromatic heterocycles. The van der Waals surface area contributed by atoms with Crippen molar-refractivity contribution in [3.05, 3.63) is 71.0 Å². The summed E-state index contributed by atoms with van der Waals surface area (Å²) in [6.07, 6.45) is 0. The first-order chi connectivity index (χ1) is 14.5. The predicted octanol–water partition coefficient (Wildman–Crippen LogP) is 1.38. The van der Waals surface area contributed by atoms with E-state index in [9.17, 15) is 18.8 Å². The van der Waals surface area contributed by atoms with Crippen LogP contribution in [0.1, 0.15) is 0 Å². The second kappa shape index (κ2) is 10.0. The summed E-state index contributed by atoms with van der Waals surface area (Å²) >= 11 is 0. The van der Waals surface area contributed by atoms with Crippen LogP contribution in [-0.2, 0) is 20.9 Å². The van der Waals surface area contributed by atoms with Crippen molar-refractivity contribution in [2.45, 2.75) is 6.54 Å². The van der Waals surface area contributed by atoms with E-state index < -0.39 is 36.6 Å². The molecule has 0 saturated carbocycles. The Bertz CT molecular complexity index is 1050. The van der Waals surface area contributed by atoms with Crippen LogP contribution in [0.2, 0.25) is 0 Å². The van der Waals surface area contributed by atoms with Crippen LogP contribution in [-0.4, -0.2) is 41.4 Å². The molecule has 0 radical (unpaired) electrons. The molecule has 3 aromatic rings. The van der Waals surface area contributed by atoms with E-state index in [1.165, 1.54) is 24.3 Å². The Balaban J connectivity index is 1.40. The number of rotatable bonds is 9. The number of carbonyl (C=O) groups excluding carboxylic acids is 2. The molecule has 0 saturated heterocycles. The van der Waals surface area contributed by atoms with Gasteiger partial charge in [0.2, 0.25) is 5.89 Å². The quantitative estimate of drug-likeness (QED) is 0.415. The van der Waals surface area contributed by atoms with Crippen LogP contribution in [0.25, 0.3) is 11.5 Å². The van der Waals surface area contributed by atoms with Gasteiger partial charge in [0.15, 0.2) is 6.61 Å². The molecule has 1 heterocycles. The van der Waals surface area contributed by atoms with Crippen molar-refractivity contribution in [1.29, 1.82) is 0 Å². The molecule has 1 N–H and O–H groups in total. The smallest absolute Gasteiger partial charge is 0.437 e. The maximum Gasteiger partial charge on any atom is 0.437 e. The van der Waals surface area contributed by atoms with Gasteiger partial charge in [0, 0.05) is 5.56 Å². The SMILES string of the molecule is O=C(COC(=O)Cn1nc(-c2ccc(F)cc2)oc1=O)NCCOc1ccccc1. The standard InChI is InChI=1S/C20H18FN3O6/c21-15-8-6-14(7-9-15)19-23-24(20(27)30-19)12-18(26)29-13-17(25)22-10-11-28-16-4-2-1-3-5-16/h1-9H,10-13H2,(H,22,25). The molecule has 0 atom stereocenters. The number of hydrogen-bond acceptors (Lipinski definition) is 7. The summed E-state index contributed by atoms with van der Waals surface area (Å²) in [5.41, 5.74) is 0.373. The molecule has 0 fully saturated rings. The zero-order chi connectivity index (χ0) is 21.3. The lowest BCUT2D eigenvalue weighted by Gasteiger charge is -2.08. The summed E-state index contributed by atoms with van der Waals surface area (Å²) in [7, 11) is 0. The molecule has 9 nitrogen and oxygen atoms in total. The number of nitrogens with one attached hydrogen (secondary N) is 1. The van der Waals surface area contributed by atoms with Gasteiger partial charge >= 0.3 is 11.7 Å². The zero-order valence-electron chi connectivity index (χ0n) is 15.7. The van der Waals surface area contributed by atoms with Gasteiger partial charge < -0.3 is 19.2 Å². The number of amides is 1. The fourth-order valence-electron chi connectivity index (χ4n) is 2.36. The maximum atomic E-state index is 13.0. The Hall–Kier alpha value is -3.95. The van der Waals surface area contributed by atoms with Crippen LogP contribution in [0, 0.1) is 5.82 Å². The molecular formula is C20H18FN3O6. The highest BCUT2D eigenvalue weighted by Crippen LogP contribution is 2.15. The fourth-order valence-corrected chi connectivity index (χ4v) is 2.36. The van der Waals surface area contributed by atoms with Crippen molar-refractivity contribution in [2.24, 2.45) is 0 Å². The highest BCUT2D eigenvalue weighted by Gasteiger charge is 2.15. The molecule has 30 heavy (non-hydrogen) atoms. The van der Waals surface area contributed by atoms with Gasteiger partial charge in [-0.2, -0.15) is 4.68 Å². The summed E-state index contributed by atoms with van der Waals surface area (Å²) in [6, 6.07) is 14.2. The topological polar surface area (TPSA) is 113 Å². The van der Waals surface area contributed by atoms with Crippen molar-refractivity contribution in [1.82, 2.24) is 15.1 Å². The Morgan fingerprint density at radius 2 is 1.83 bits per heavy atom. The molecule has 0 bridgehead atoms. The molecule has 0 unspecified atom stereocenters. The number of para-hydroxylation sites is 1. The molecule has 156 valence electrons. The van der Waals surface area contributed by atoms with E-state index >= 15 is 0 Å². The monoisotopic (exact) mass is 415 g/mol. The number of hydrogen-bond donors (Lipinski definition) is 1. The number of ether oxygens (including phenoxy) is 2. The first kappa shape index (κ1) is 20.8. The lowest BCUT2D eigenvalue weighted by molar-refractivity contribution is -0.149. The van der Waals surface area contributed by atoms with E-state index in [0.29, 0.717) is 11.3 Å². The van der Waals surface area contributed by atoms with Crippen molar-refractivity contribution in [2.75, 3.05) is 19.8 Å². The average Bonchev–Trinajstić information content (AvgIpc) is 3.11. The van der Waals surface area contributed by atoms with E-state index in [0.717, 1.165) is 4.68 Å². The lowest BCUT2D eigenvalue weighted by atomic mass is 10.2. The number of nitrogens with zero attached hydrogens (tertiary/aromatic N) is 2. The second-order valence-electron chi connectivity index (χ2n) is 6.01. The third kappa shape index (κ3) is 6.03. The van der Waals surface area contributed by atoms with Crippen molar-refractivity contribution in [3.8, 4) is 17.2 Å². The van der Waals surface area contributed by atoms with Gasteiger partial charge in [0.05, 0.1) is 6.54 Å². The van der Waals surface area contributed by atoms with Gasteiger partial charge in [-0.25, -0.2) is 9.18 Å². The van der Waals surface area contributed by atoms with Crippen molar-refractivity contribution < 1.29 is 27.9 Å². The van der Waals surface area contributed by atoms with Crippen LogP contribution >= 0.6 is 0 Å². The van der Waals surface area contributed by atoms with E-state index in [4.69, 9.17) is 13.9 Å². The molecule has 3 rings (SSSR count). The average molecular weight is 415 g/mol. The molecule has 0 spiro atoms. The predicted molar refractivity (Wildman–Crippen MR) is 102 cm³/mol. The number of benzene rings is 2. The van der Waals surface area contributed by atoms with Gasteiger partial charge in [-0.3, -0.25) is 9.59 Å². The number of aromatic nitrogens is 2. The zero-order valence-corrected chi connectivity index (χ0v) is 15.7. The minimum atomic E-state index is -0.881. The third-order valence-corrected chi connectivity index (χ3v) is 3.78. The van der Waals surface area contributed by atoms with E-state index in [1.807, 2.05) is 18.2 Å². The summed E-state index contributed by atoms with van der Waals surface area (Å²) in [6.45, 7) is -0.561. The van der Waals surface area contributed by atoms with E-state index in [2.05, 4.69) is 10.4 Å². The molecule has 0 aliphatic carbocycles. The summed E-state index contributed by atoms with van der Waals surface area (Å²) in [5.74, 6) is -2.07. The van der Waals surface area contributed by atoms with Gasteiger partial charge in [-0.15, -0.1) is 5.10 Å². The number of esters is 1. The second-order valence-corrected chi connectivity index (χ2v) is 6.01. The van der Waals surface area contributed by atoms with Crippen LogP contribution in [0.15, 0.2) is 63.8 Å². The Morgan fingerprint density at radius 1 is 1.10 bits per heavy atom. The minimum Gasteiger partial charge on any atom is -0.492 e. The van der Waals surface area contributed by atoms with Gasteiger partial charge in [0.1, 0.15) is 24.7 Å². The molecule has 2 aromatic carbocycles. The van der Waals surface area contributed by atoms with E-state index in [1.54, 1.807) is 12.1 Å². The maximum absolute atomic E-state index is 13.0. The highest BCUT2D eigenvalue weighted by atomic mass is 19.1. The largest absolute Gasteiger partial charge is 0.492 e. The Kier molecular flexibility index (Phi) is 6.93. The molecule has 0 aliphatic heterocycles. The normalized spacial score (nSPS) is 10.4. The molecule has 0 aliphatic rings. The van der Waals surface area contributed by atoms with Crippen molar-refractivity contribution in [3.63, 3.8) is 0 Å². The first-order valence-electron chi connectivity index (χ1n) is 8.95. The third-order valence-electron chi connectivity index (χ3n) is 3.78. The van der Waals surface area contributed by atoms with Crippen LogP contribution in [0.4, 0.5) is 4.39 Å². The summed E-state index contributed by atoms with van der Waals surface area (Å²) in [4.78, 5) is 35.4. The Morgan fingerprint density at radius 3 is 2.57 bits per heavy atom. The number of halogens is 1. The molecule has 1 amide bonds. The van der Waals surface area contributed by atoms with Gasteiger partial charge in [-0.05, 0) is 36.4 Å². The van der Waals surface area contributed by atoms with Crippen LogP contribution < -0.4 is 15.8 Å². The summed E-state index contributed by atoms with van der Waals surface area (Å²) < 4.78 is 28.9. The molecule has 10 heteroatoms. The van der Waals surface area contributed by atoms with Crippen LogP contribution in [0.5, 0.6) is 5.75 Å². The van der Waals surface area contributed by atoms with Gasteiger partial charge in [0.25, 0.3) is 5.91 Å². The number of carbonyl (C=O) groups is 2. The summed E-state index contributed by atoms with van der Waals surface area (Å²) in [5, 5.41) is 6.40. The Labute approximate surface area is 170 Å². The van der Waals surface area contributed by atoms with Crippen LogP contribution in [0.3, 0.4) is 0 Å². The van der Waals surface area contributed by atoms with Crippen molar-refractivity contribution >= 4 is 11.9 Å². The fraction of sp³-hybridized carbons (Fsp3) is 0.200. The molecular weight excluding hydrogens is 397 g/mol. The minimum absolute atomic E-state index is 0.0658. The van der Waals surface area contributed by atoms with E-state index in [-0.39, 0.29) is 19.0 Å².